The highest BCUT2D eigenvalue weighted by Crippen LogP contribution is 2.16. The predicted octanol–water partition coefficient (Wildman–Crippen LogP) is 1.05. The topological polar surface area (TPSA) is 20.3 Å². The molecule has 0 unspecified atom stereocenters. The van der Waals surface area contributed by atoms with Crippen molar-refractivity contribution in [1.29, 1.82) is 0 Å². The van der Waals surface area contributed by atoms with Gasteiger partial charge in [-0.05, 0) is 24.3 Å². The monoisotopic (exact) mass is 143 g/mol. The van der Waals surface area contributed by atoms with Gasteiger partial charge in [-0.3, -0.25) is 4.79 Å². The summed E-state index contributed by atoms with van der Waals surface area (Å²) in [4.78, 5) is 10.5. The molecule has 0 bridgehead atoms. The van der Waals surface area contributed by atoms with Crippen LogP contribution in [0.1, 0.15) is 6.92 Å². The minimum Gasteiger partial charge on any atom is -0.299 e. The Labute approximate surface area is 59.0 Å². The Morgan fingerprint density at radius 3 is 3.11 bits per heavy atom. The van der Waals surface area contributed by atoms with E-state index in [1.54, 1.807) is 18.9 Å². The van der Waals surface area contributed by atoms with Gasteiger partial charge in [0.25, 0.3) is 0 Å². The first-order valence-corrected chi connectivity index (χ1v) is 3.69. The van der Waals surface area contributed by atoms with Gasteiger partial charge in [0.05, 0.1) is 6.54 Å². The fourth-order valence-electron chi connectivity index (χ4n) is 0.683. The maximum atomic E-state index is 10.5. The summed E-state index contributed by atoms with van der Waals surface area (Å²) in [7, 11) is 0. The van der Waals surface area contributed by atoms with Crippen molar-refractivity contribution in [3.8, 4) is 0 Å². The molecule has 0 aliphatic carbocycles. The van der Waals surface area contributed by atoms with E-state index in [1.165, 1.54) is 0 Å². The van der Waals surface area contributed by atoms with Crippen molar-refractivity contribution in [2.24, 2.45) is 0 Å². The summed E-state index contributed by atoms with van der Waals surface area (Å²) in [5.74, 6) is 0.228. The lowest BCUT2D eigenvalue weighted by molar-refractivity contribution is -0.117. The summed E-state index contributed by atoms with van der Waals surface area (Å²) in [6, 6.07) is 0. The highest BCUT2D eigenvalue weighted by Gasteiger charge is 2.07. The first-order valence-electron chi connectivity index (χ1n) is 2.85. The average Bonchev–Trinajstić information content (AvgIpc) is 2.15. The molecule has 0 aromatic heterocycles. The van der Waals surface area contributed by atoms with Crippen LogP contribution in [-0.2, 0) is 4.79 Å². The first kappa shape index (κ1) is 6.83. The van der Waals surface area contributed by atoms with E-state index in [1.807, 2.05) is 15.8 Å². The fourth-order valence-corrected chi connectivity index (χ4v) is 1.46. The quantitative estimate of drug-likeness (QED) is 0.539. The molecule has 0 saturated carbocycles. The molecule has 1 rings (SSSR count). The van der Waals surface area contributed by atoms with Gasteiger partial charge in [-0.15, -0.1) is 0 Å². The van der Waals surface area contributed by atoms with Gasteiger partial charge in [0, 0.05) is 6.54 Å². The molecule has 0 amide bonds. The maximum absolute atomic E-state index is 10.5. The molecule has 0 saturated heterocycles. The van der Waals surface area contributed by atoms with Crippen LogP contribution in [0.3, 0.4) is 0 Å². The Morgan fingerprint density at radius 2 is 2.67 bits per heavy atom. The van der Waals surface area contributed by atoms with Crippen LogP contribution < -0.4 is 0 Å². The third-order valence-corrected chi connectivity index (χ3v) is 1.90. The largest absolute Gasteiger partial charge is 0.299 e. The molecule has 1 aliphatic rings. The van der Waals surface area contributed by atoms with Crippen LogP contribution in [0.25, 0.3) is 0 Å². The zero-order chi connectivity index (χ0) is 6.69. The number of rotatable bonds is 2. The maximum Gasteiger partial charge on any atom is 0.144 e. The van der Waals surface area contributed by atoms with Gasteiger partial charge >= 0.3 is 0 Å². The molecule has 0 atom stereocenters. The van der Waals surface area contributed by atoms with Crippen molar-refractivity contribution in [2.75, 3.05) is 13.1 Å². The van der Waals surface area contributed by atoms with Crippen molar-refractivity contribution >= 4 is 17.7 Å². The Hall–Kier alpha value is -0.280. The van der Waals surface area contributed by atoms with Crippen LogP contribution >= 0.6 is 11.9 Å². The summed E-state index contributed by atoms with van der Waals surface area (Å²) in [6.07, 6.45) is 2.05. The highest BCUT2D eigenvalue weighted by atomic mass is 32.2. The molecule has 0 aromatic rings. The van der Waals surface area contributed by atoms with E-state index in [4.69, 9.17) is 0 Å². The normalized spacial score (nSPS) is 18.8. The van der Waals surface area contributed by atoms with Crippen molar-refractivity contribution in [2.45, 2.75) is 6.92 Å². The number of ketones is 1. The SMILES string of the molecule is CC(=O)CN1CC=CS1. The average molecular weight is 143 g/mol. The second-order valence-electron chi connectivity index (χ2n) is 2.00. The molecule has 9 heavy (non-hydrogen) atoms. The van der Waals surface area contributed by atoms with Crippen molar-refractivity contribution in [1.82, 2.24) is 4.31 Å². The van der Waals surface area contributed by atoms with Crippen LogP contribution in [-0.4, -0.2) is 23.2 Å². The van der Waals surface area contributed by atoms with Crippen molar-refractivity contribution in [3.63, 3.8) is 0 Å². The summed E-state index contributed by atoms with van der Waals surface area (Å²) in [5.41, 5.74) is 0. The molecule has 0 aromatic carbocycles. The van der Waals surface area contributed by atoms with E-state index < -0.39 is 0 Å². The van der Waals surface area contributed by atoms with Crippen LogP contribution in [0.5, 0.6) is 0 Å². The van der Waals surface area contributed by atoms with E-state index in [0.29, 0.717) is 6.54 Å². The van der Waals surface area contributed by atoms with Crippen LogP contribution in [0.4, 0.5) is 0 Å². The predicted molar refractivity (Wildman–Crippen MR) is 39.0 cm³/mol. The second kappa shape index (κ2) is 3.03. The molecule has 0 fully saturated rings. The van der Waals surface area contributed by atoms with Gasteiger partial charge in [-0.2, -0.15) is 0 Å². The number of carbonyl (C=O) groups excluding carboxylic acids is 1. The van der Waals surface area contributed by atoms with E-state index in [-0.39, 0.29) is 5.78 Å². The van der Waals surface area contributed by atoms with E-state index in [2.05, 4.69) is 0 Å². The zero-order valence-corrected chi connectivity index (χ0v) is 6.15. The molecule has 1 heterocycles. The summed E-state index contributed by atoms with van der Waals surface area (Å²) in [6.45, 7) is 3.08. The van der Waals surface area contributed by atoms with E-state index in [9.17, 15) is 4.79 Å². The molecule has 50 valence electrons. The first-order chi connectivity index (χ1) is 4.29. The number of hydrogen-bond donors (Lipinski definition) is 0. The number of Topliss-reactive ketones (excluding diaryl/α,β-unsaturated/α-hetero) is 1. The Bertz CT molecular complexity index is 136. The van der Waals surface area contributed by atoms with Crippen molar-refractivity contribution < 1.29 is 4.79 Å². The van der Waals surface area contributed by atoms with E-state index in [0.717, 1.165) is 6.54 Å². The summed E-state index contributed by atoms with van der Waals surface area (Å²) < 4.78 is 2.02. The van der Waals surface area contributed by atoms with Gasteiger partial charge in [-0.1, -0.05) is 6.08 Å². The lowest BCUT2D eigenvalue weighted by Gasteiger charge is -2.08. The molecule has 3 heteroatoms. The van der Waals surface area contributed by atoms with Gasteiger partial charge < -0.3 is 0 Å². The van der Waals surface area contributed by atoms with Gasteiger partial charge in [0.15, 0.2) is 0 Å². The molecule has 0 radical (unpaired) electrons. The smallest absolute Gasteiger partial charge is 0.144 e. The molecular weight excluding hydrogens is 134 g/mol. The highest BCUT2D eigenvalue weighted by molar-refractivity contribution is 8.00. The molecule has 0 spiro atoms. The van der Waals surface area contributed by atoms with Gasteiger partial charge in [0.2, 0.25) is 0 Å². The molecule has 0 N–H and O–H groups in total. The van der Waals surface area contributed by atoms with Crippen LogP contribution in [0.2, 0.25) is 0 Å². The lowest BCUT2D eigenvalue weighted by Crippen LogP contribution is -2.18. The Kier molecular flexibility index (Phi) is 2.30. The second-order valence-corrected chi connectivity index (χ2v) is 3.00. The minimum atomic E-state index is 0.228. The van der Waals surface area contributed by atoms with Gasteiger partial charge in [-0.25, -0.2) is 4.31 Å². The third-order valence-electron chi connectivity index (χ3n) is 1.01. The number of nitrogens with zero attached hydrogens (tertiary/aromatic N) is 1. The van der Waals surface area contributed by atoms with Crippen LogP contribution in [0.15, 0.2) is 11.5 Å². The third kappa shape index (κ3) is 2.20. The Morgan fingerprint density at radius 1 is 1.89 bits per heavy atom. The summed E-state index contributed by atoms with van der Waals surface area (Å²) >= 11 is 1.60. The lowest BCUT2D eigenvalue weighted by atomic mass is 10.4. The van der Waals surface area contributed by atoms with E-state index >= 15 is 0 Å². The summed E-state index contributed by atoms with van der Waals surface area (Å²) in [5, 5.41) is 2.00. The molecular formula is C6H9NOS. The molecule has 2 nitrogen and oxygen atoms in total. The molecule has 1 aliphatic heterocycles. The minimum absolute atomic E-state index is 0.228. The van der Waals surface area contributed by atoms with Crippen molar-refractivity contribution in [3.05, 3.63) is 11.5 Å². The number of hydrogen-bond acceptors (Lipinski definition) is 3. The standard InChI is InChI=1S/C6H9NOS/c1-6(8)5-7-3-2-4-9-7/h2,4H,3,5H2,1H3. The fraction of sp³-hybridized carbons (Fsp3) is 0.500. The zero-order valence-electron chi connectivity index (χ0n) is 5.33. The van der Waals surface area contributed by atoms with Gasteiger partial charge in [0.1, 0.15) is 5.78 Å². The number of carbonyl (C=O) groups is 1. The van der Waals surface area contributed by atoms with Crippen LogP contribution in [0, 0.1) is 0 Å². The Balaban J connectivity index is 2.22.